The molecule has 2 aromatic carbocycles. The molecule has 0 atom stereocenters. The van der Waals surface area contributed by atoms with Gasteiger partial charge in [0, 0.05) is 21.3 Å². The highest BCUT2D eigenvalue weighted by atomic mass is 35.5. The van der Waals surface area contributed by atoms with Crippen LogP contribution in [0.2, 0.25) is 10.0 Å². The maximum absolute atomic E-state index is 5.89. The van der Waals surface area contributed by atoms with Crippen molar-refractivity contribution >= 4 is 28.9 Å². The number of hydrogen-bond acceptors (Lipinski definition) is 2. The number of ether oxygens (including phenoxy) is 1. The first-order valence-corrected chi connectivity index (χ1v) is 6.24. The summed E-state index contributed by atoms with van der Waals surface area (Å²) < 4.78 is 5.72. The van der Waals surface area contributed by atoms with Crippen LogP contribution in [-0.2, 0) is 6.61 Å². The Labute approximate surface area is 116 Å². The smallest absolute Gasteiger partial charge is 0.122 e. The summed E-state index contributed by atoms with van der Waals surface area (Å²) in [7, 11) is 0. The molecule has 2 aromatic rings. The Kier molecular flexibility index (Phi) is 4.00. The topological polar surface area (TPSA) is 35.2 Å². The van der Waals surface area contributed by atoms with Gasteiger partial charge in [0.05, 0.1) is 0 Å². The molecule has 0 bridgehead atoms. The molecule has 2 rings (SSSR count). The highest BCUT2D eigenvalue weighted by Crippen LogP contribution is 2.24. The van der Waals surface area contributed by atoms with E-state index in [9.17, 15) is 0 Å². The lowest BCUT2D eigenvalue weighted by atomic mass is 10.2. The average molecular weight is 282 g/mol. The molecule has 0 radical (unpaired) electrons. The van der Waals surface area contributed by atoms with E-state index in [1.54, 1.807) is 18.2 Å². The van der Waals surface area contributed by atoms with Gasteiger partial charge in [-0.05, 0) is 42.8 Å². The van der Waals surface area contributed by atoms with E-state index in [2.05, 4.69) is 0 Å². The van der Waals surface area contributed by atoms with Gasteiger partial charge in [0.2, 0.25) is 0 Å². The van der Waals surface area contributed by atoms with E-state index in [-0.39, 0.29) is 0 Å². The van der Waals surface area contributed by atoms with Crippen molar-refractivity contribution < 1.29 is 4.74 Å². The SMILES string of the molecule is Cc1cc(Cl)ccc1OCc1ccc(Cl)cc1N. The minimum Gasteiger partial charge on any atom is -0.489 e. The maximum atomic E-state index is 5.89. The number of hydrogen-bond donors (Lipinski definition) is 1. The van der Waals surface area contributed by atoms with Crippen molar-refractivity contribution in [3.05, 3.63) is 57.6 Å². The molecule has 0 saturated carbocycles. The second-order valence-electron chi connectivity index (χ2n) is 4.04. The summed E-state index contributed by atoms with van der Waals surface area (Å²) in [5, 5.41) is 1.32. The van der Waals surface area contributed by atoms with Gasteiger partial charge in [0.1, 0.15) is 12.4 Å². The molecule has 2 N–H and O–H groups in total. The van der Waals surface area contributed by atoms with Crippen molar-refractivity contribution in [1.82, 2.24) is 0 Å². The number of anilines is 1. The van der Waals surface area contributed by atoms with Crippen molar-refractivity contribution in [2.45, 2.75) is 13.5 Å². The largest absolute Gasteiger partial charge is 0.489 e. The van der Waals surface area contributed by atoms with Crippen LogP contribution in [0.3, 0.4) is 0 Å². The van der Waals surface area contributed by atoms with Gasteiger partial charge in [-0.25, -0.2) is 0 Å². The second-order valence-corrected chi connectivity index (χ2v) is 4.91. The van der Waals surface area contributed by atoms with E-state index in [1.807, 2.05) is 25.1 Å². The molecule has 0 heterocycles. The molecule has 18 heavy (non-hydrogen) atoms. The van der Waals surface area contributed by atoms with Gasteiger partial charge >= 0.3 is 0 Å². The Balaban J connectivity index is 2.11. The number of nitrogen functional groups attached to an aromatic ring is 1. The fourth-order valence-corrected chi connectivity index (χ4v) is 2.03. The van der Waals surface area contributed by atoms with Crippen LogP contribution in [-0.4, -0.2) is 0 Å². The van der Waals surface area contributed by atoms with E-state index in [1.165, 1.54) is 0 Å². The van der Waals surface area contributed by atoms with Crippen LogP contribution in [0, 0.1) is 6.92 Å². The first-order chi connectivity index (χ1) is 8.56. The minimum absolute atomic E-state index is 0.408. The third-order valence-corrected chi connectivity index (χ3v) is 3.10. The van der Waals surface area contributed by atoms with Crippen LogP contribution in [0.5, 0.6) is 5.75 Å². The molecule has 0 aromatic heterocycles. The molecule has 0 fully saturated rings. The Hall–Kier alpha value is -1.38. The number of halogens is 2. The van der Waals surface area contributed by atoms with Gasteiger partial charge in [-0.2, -0.15) is 0 Å². The van der Waals surface area contributed by atoms with Crippen LogP contribution in [0.4, 0.5) is 5.69 Å². The van der Waals surface area contributed by atoms with Crippen molar-refractivity contribution in [1.29, 1.82) is 0 Å². The fraction of sp³-hybridized carbons (Fsp3) is 0.143. The summed E-state index contributed by atoms with van der Waals surface area (Å²) in [5.41, 5.74) is 8.40. The van der Waals surface area contributed by atoms with Crippen LogP contribution in [0.15, 0.2) is 36.4 Å². The lowest BCUT2D eigenvalue weighted by Crippen LogP contribution is -2.01. The Bertz CT molecular complexity index is 518. The Morgan fingerprint density at radius 2 is 1.72 bits per heavy atom. The maximum Gasteiger partial charge on any atom is 0.122 e. The van der Waals surface area contributed by atoms with Crippen LogP contribution >= 0.6 is 23.2 Å². The average Bonchev–Trinajstić information content (AvgIpc) is 2.30. The van der Waals surface area contributed by atoms with Crippen molar-refractivity contribution in [2.75, 3.05) is 5.73 Å². The lowest BCUT2D eigenvalue weighted by Gasteiger charge is -2.11. The zero-order valence-corrected chi connectivity index (χ0v) is 11.4. The summed E-state index contributed by atoms with van der Waals surface area (Å²) in [5.74, 6) is 0.800. The lowest BCUT2D eigenvalue weighted by molar-refractivity contribution is 0.305. The van der Waals surface area contributed by atoms with Crippen molar-refractivity contribution in [3.8, 4) is 5.75 Å². The van der Waals surface area contributed by atoms with Crippen LogP contribution < -0.4 is 10.5 Å². The van der Waals surface area contributed by atoms with Crippen LogP contribution in [0.1, 0.15) is 11.1 Å². The molecule has 0 aliphatic rings. The summed E-state index contributed by atoms with van der Waals surface area (Å²) in [6.07, 6.45) is 0. The number of rotatable bonds is 3. The van der Waals surface area contributed by atoms with Gasteiger partial charge in [-0.15, -0.1) is 0 Å². The quantitative estimate of drug-likeness (QED) is 0.843. The Morgan fingerprint density at radius 1 is 1.06 bits per heavy atom. The molecule has 0 unspecified atom stereocenters. The molecule has 0 aliphatic heterocycles. The molecule has 0 saturated heterocycles. The van der Waals surface area contributed by atoms with Gasteiger partial charge in [-0.3, -0.25) is 0 Å². The van der Waals surface area contributed by atoms with E-state index in [4.69, 9.17) is 33.7 Å². The zero-order valence-electron chi connectivity index (χ0n) is 9.91. The second kappa shape index (κ2) is 5.51. The summed E-state index contributed by atoms with van der Waals surface area (Å²) in [6, 6.07) is 10.9. The first-order valence-electron chi connectivity index (χ1n) is 5.49. The van der Waals surface area contributed by atoms with Gasteiger partial charge in [-0.1, -0.05) is 29.3 Å². The zero-order chi connectivity index (χ0) is 13.1. The highest BCUT2D eigenvalue weighted by molar-refractivity contribution is 6.31. The summed E-state index contributed by atoms with van der Waals surface area (Å²) in [6.45, 7) is 2.36. The van der Waals surface area contributed by atoms with Gasteiger partial charge in [0.25, 0.3) is 0 Å². The molecule has 0 amide bonds. The van der Waals surface area contributed by atoms with Crippen LogP contribution in [0.25, 0.3) is 0 Å². The van der Waals surface area contributed by atoms with E-state index in [0.29, 0.717) is 22.3 Å². The van der Waals surface area contributed by atoms with E-state index < -0.39 is 0 Å². The number of nitrogens with two attached hydrogens (primary N) is 1. The molecule has 0 aliphatic carbocycles. The normalized spacial score (nSPS) is 10.4. The molecule has 0 spiro atoms. The highest BCUT2D eigenvalue weighted by Gasteiger charge is 2.04. The molecular formula is C14H13Cl2NO. The van der Waals surface area contributed by atoms with E-state index in [0.717, 1.165) is 16.9 Å². The van der Waals surface area contributed by atoms with Crippen molar-refractivity contribution in [2.24, 2.45) is 0 Å². The molecule has 2 nitrogen and oxygen atoms in total. The fourth-order valence-electron chi connectivity index (χ4n) is 1.63. The van der Waals surface area contributed by atoms with Gasteiger partial charge < -0.3 is 10.5 Å². The minimum atomic E-state index is 0.408. The molecule has 4 heteroatoms. The number of aryl methyl sites for hydroxylation is 1. The number of benzene rings is 2. The molecular weight excluding hydrogens is 269 g/mol. The third kappa shape index (κ3) is 3.09. The Morgan fingerprint density at radius 3 is 2.39 bits per heavy atom. The summed E-state index contributed by atoms with van der Waals surface area (Å²) in [4.78, 5) is 0. The van der Waals surface area contributed by atoms with Crippen molar-refractivity contribution in [3.63, 3.8) is 0 Å². The summed E-state index contributed by atoms with van der Waals surface area (Å²) >= 11 is 11.7. The third-order valence-electron chi connectivity index (χ3n) is 2.63. The first kappa shape index (κ1) is 13.1. The monoisotopic (exact) mass is 281 g/mol. The van der Waals surface area contributed by atoms with E-state index >= 15 is 0 Å². The van der Waals surface area contributed by atoms with Gasteiger partial charge in [0.15, 0.2) is 0 Å². The predicted octanol–water partition coefficient (Wildman–Crippen LogP) is 4.46. The standard InChI is InChI=1S/C14H13Cl2NO/c1-9-6-11(15)4-5-14(9)18-8-10-2-3-12(16)7-13(10)17/h2-7H,8,17H2,1H3. The predicted molar refractivity (Wildman–Crippen MR) is 76.4 cm³/mol. The molecule has 94 valence electrons.